The first-order valence-electron chi connectivity index (χ1n) is 10.3. The van der Waals surface area contributed by atoms with Crippen LogP contribution in [0.4, 0.5) is 13.6 Å². The Morgan fingerprint density at radius 2 is 1.89 bits per heavy atom. The molecule has 4 amide bonds. The summed E-state index contributed by atoms with van der Waals surface area (Å²) in [6, 6.07) is -0.597. The van der Waals surface area contributed by atoms with Crippen molar-refractivity contribution in [1.82, 2.24) is 15.1 Å². The Kier molecular flexibility index (Phi) is 7.04. The molecule has 1 saturated carbocycles. The van der Waals surface area contributed by atoms with Gasteiger partial charge in [-0.1, -0.05) is 34.1 Å². The Hall–Kier alpha value is -1.73. The number of nitrogens with zero attached hydrogens (tertiary/aromatic N) is 2. The number of amides is 4. The number of nitrogens with one attached hydrogen (secondary N) is 1. The summed E-state index contributed by atoms with van der Waals surface area (Å²) >= 11 is 0. The molecular formula is C20H33F2N3O3. The molecule has 1 spiro atoms. The summed E-state index contributed by atoms with van der Waals surface area (Å²) in [6.45, 7) is 7.39. The van der Waals surface area contributed by atoms with Crippen LogP contribution in [0.3, 0.4) is 0 Å². The van der Waals surface area contributed by atoms with Gasteiger partial charge in [0.2, 0.25) is 5.91 Å². The van der Waals surface area contributed by atoms with E-state index < -0.39 is 42.9 Å². The van der Waals surface area contributed by atoms with Crippen molar-refractivity contribution in [3.05, 3.63) is 0 Å². The summed E-state index contributed by atoms with van der Waals surface area (Å²) in [7, 11) is 0. The standard InChI is InChI=1S/C20H33F2N3O3/c1-5-11-24(12-15(21)22)16(26)13-25-17(27)20(23-18(25)28)9-7-14(8-10-20)19(3,4)6-2/h14-15H,5-13H2,1-4H3,(H,23,28). The van der Waals surface area contributed by atoms with E-state index in [1.165, 1.54) is 0 Å². The van der Waals surface area contributed by atoms with Gasteiger partial charge in [0, 0.05) is 6.54 Å². The van der Waals surface area contributed by atoms with Crippen LogP contribution in [0.5, 0.6) is 0 Å². The van der Waals surface area contributed by atoms with E-state index >= 15 is 0 Å². The van der Waals surface area contributed by atoms with E-state index in [-0.39, 0.29) is 12.0 Å². The Morgan fingerprint density at radius 3 is 2.39 bits per heavy atom. The van der Waals surface area contributed by atoms with Gasteiger partial charge in [-0.15, -0.1) is 0 Å². The molecule has 1 N–H and O–H groups in total. The fourth-order valence-electron chi connectivity index (χ4n) is 4.33. The quantitative estimate of drug-likeness (QED) is 0.634. The molecule has 1 saturated heterocycles. The van der Waals surface area contributed by atoms with Crippen molar-refractivity contribution in [1.29, 1.82) is 0 Å². The second-order valence-electron chi connectivity index (χ2n) is 8.75. The van der Waals surface area contributed by atoms with Gasteiger partial charge in [-0.2, -0.15) is 0 Å². The number of halogens is 2. The molecule has 0 bridgehead atoms. The minimum atomic E-state index is -2.65. The molecule has 6 nitrogen and oxygen atoms in total. The normalized spacial score (nSPS) is 25.5. The summed E-state index contributed by atoms with van der Waals surface area (Å²) in [4.78, 5) is 39.7. The van der Waals surface area contributed by atoms with Crippen molar-refractivity contribution < 1.29 is 23.2 Å². The number of hydrogen-bond acceptors (Lipinski definition) is 3. The average Bonchev–Trinajstić information content (AvgIpc) is 2.85. The van der Waals surface area contributed by atoms with E-state index in [9.17, 15) is 23.2 Å². The maximum Gasteiger partial charge on any atom is 0.325 e. The van der Waals surface area contributed by atoms with Gasteiger partial charge in [-0.05, 0) is 43.4 Å². The molecule has 0 unspecified atom stereocenters. The summed E-state index contributed by atoms with van der Waals surface area (Å²) in [5.74, 6) is -0.537. The molecular weight excluding hydrogens is 368 g/mol. The molecule has 0 aromatic carbocycles. The first-order chi connectivity index (χ1) is 13.1. The topological polar surface area (TPSA) is 69.7 Å². The first-order valence-corrected chi connectivity index (χ1v) is 10.3. The highest BCUT2D eigenvalue weighted by atomic mass is 19.3. The molecule has 1 heterocycles. The van der Waals surface area contributed by atoms with Crippen molar-refractivity contribution in [3.8, 4) is 0 Å². The number of carbonyl (C=O) groups is 3. The second kappa shape index (κ2) is 8.74. The Bertz CT molecular complexity index is 602. The predicted octanol–water partition coefficient (Wildman–Crippen LogP) is 3.41. The molecule has 2 aliphatic rings. The van der Waals surface area contributed by atoms with Crippen LogP contribution < -0.4 is 5.32 Å². The molecule has 2 rings (SSSR count). The summed E-state index contributed by atoms with van der Waals surface area (Å²) < 4.78 is 25.5. The minimum absolute atomic E-state index is 0.172. The molecule has 160 valence electrons. The third kappa shape index (κ3) is 4.63. The number of imide groups is 1. The zero-order chi connectivity index (χ0) is 21.1. The third-order valence-electron chi connectivity index (χ3n) is 6.60. The van der Waals surface area contributed by atoms with Gasteiger partial charge < -0.3 is 10.2 Å². The lowest BCUT2D eigenvalue weighted by molar-refractivity contribution is -0.140. The number of hydrogen-bond donors (Lipinski definition) is 1. The second-order valence-corrected chi connectivity index (χ2v) is 8.75. The lowest BCUT2D eigenvalue weighted by atomic mass is 9.65. The van der Waals surface area contributed by atoms with Gasteiger partial charge in [-0.25, -0.2) is 13.6 Å². The highest BCUT2D eigenvalue weighted by Crippen LogP contribution is 2.45. The van der Waals surface area contributed by atoms with Crippen molar-refractivity contribution in [2.24, 2.45) is 11.3 Å². The van der Waals surface area contributed by atoms with Crippen LogP contribution in [-0.4, -0.2) is 59.2 Å². The van der Waals surface area contributed by atoms with Crippen LogP contribution in [0.15, 0.2) is 0 Å². The summed E-state index contributed by atoms with van der Waals surface area (Å²) in [5.41, 5.74) is -0.769. The maximum atomic E-state index is 13.0. The Morgan fingerprint density at radius 1 is 1.29 bits per heavy atom. The average molecular weight is 401 g/mol. The number of urea groups is 1. The zero-order valence-corrected chi connectivity index (χ0v) is 17.4. The third-order valence-corrected chi connectivity index (χ3v) is 6.60. The first kappa shape index (κ1) is 22.6. The largest absolute Gasteiger partial charge is 0.335 e. The van der Waals surface area contributed by atoms with E-state index in [0.717, 1.165) is 29.1 Å². The molecule has 8 heteroatoms. The van der Waals surface area contributed by atoms with Gasteiger partial charge in [0.15, 0.2) is 0 Å². The highest BCUT2D eigenvalue weighted by Gasteiger charge is 2.53. The number of rotatable bonds is 8. The Balaban J connectivity index is 2.04. The highest BCUT2D eigenvalue weighted by molar-refractivity contribution is 6.09. The lowest BCUT2D eigenvalue weighted by Crippen LogP contribution is -2.51. The van der Waals surface area contributed by atoms with E-state index in [2.05, 4.69) is 26.1 Å². The monoisotopic (exact) mass is 401 g/mol. The van der Waals surface area contributed by atoms with E-state index in [4.69, 9.17) is 0 Å². The van der Waals surface area contributed by atoms with Gasteiger partial charge >= 0.3 is 6.03 Å². The van der Waals surface area contributed by atoms with Crippen LogP contribution in [0.25, 0.3) is 0 Å². The molecule has 0 aromatic rings. The molecule has 2 fully saturated rings. The van der Waals surface area contributed by atoms with Crippen molar-refractivity contribution >= 4 is 17.8 Å². The molecule has 1 aliphatic heterocycles. The van der Waals surface area contributed by atoms with Crippen LogP contribution in [0.1, 0.15) is 66.2 Å². The number of carbonyl (C=O) groups excluding carboxylic acids is 3. The fourth-order valence-corrected chi connectivity index (χ4v) is 4.33. The molecule has 1 aliphatic carbocycles. The molecule has 0 radical (unpaired) electrons. The Labute approximate surface area is 166 Å². The van der Waals surface area contributed by atoms with Crippen molar-refractivity contribution in [2.75, 3.05) is 19.6 Å². The molecule has 0 aromatic heterocycles. The van der Waals surface area contributed by atoms with Crippen molar-refractivity contribution in [3.63, 3.8) is 0 Å². The van der Waals surface area contributed by atoms with Gasteiger partial charge in [-0.3, -0.25) is 14.5 Å². The summed E-state index contributed by atoms with van der Waals surface area (Å²) in [5, 5.41) is 2.79. The maximum absolute atomic E-state index is 13.0. The molecule has 0 atom stereocenters. The SMILES string of the molecule is CCCN(CC(F)F)C(=O)CN1C(=O)NC2(CCC(C(C)(C)CC)CC2)C1=O. The van der Waals surface area contributed by atoms with Crippen LogP contribution in [0.2, 0.25) is 0 Å². The van der Waals surface area contributed by atoms with Gasteiger partial charge in [0.25, 0.3) is 12.3 Å². The number of alkyl halides is 2. The van der Waals surface area contributed by atoms with Crippen LogP contribution in [-0.2, 0) is 9.59 Å². The predicted molar refractivity (Wildman–Crippen MR) is 102 cm³/mol. The fraction of sp³-hybridized carbons (Fsp3) is 0.850. The van der Waals surface area contributed by atoms with E-state index in [1.807, 2.05) is 0 Å². The lowest BCUT2D eigenvalue weighted by Gasteiger charge is -2.42. The van der Waals surface area contributed by atoms with E-state index in [0.29, 0.717) is 25.2 Å². The summed E-state index contributed by atoms with van der Waals surface area (Å²) in [6.07, 6.45) is 1.68. The van der Waals surface area contributed by atoms with Gasteiger partial charge in [0.05, 0.1) is 6.54 Å². The molecule has 28 heavy (non-hydrogen) atoms. The van der Waals surface area contributed by atoms with Crippen LogP contribution >= 0.6 is 0 Å². The van der Waals surface area contributed by atoms with Crippen molar-refractivity contribution in [2.45, 2.75) is 78.2 Å². The zero-order valence-electron chi connectivity index (χ0n) is 17.4. The van der Waals surface area contributed by atoms with Crippen LogP contribution in [0, 0.1) is 11.3 Å². The smallest absolute Gasteiger partial charge is 0.325 e. The van der Waals surface area contributed by atoms with E-state index in [1.54, 1.807) is 6.92 Å². The minimum Gasteiger partial charge on any atom is -0.335 e. The van der Waals surface area contributed by atoms with Gasteiger partial charge in [0.1, 0.15) is 12.1 Å².